The predicted molar refractivity (Wildman–Crippen MR) is 56.1 cm³/mol. The Morgan fingerprint density at radius 3 is 2.33 bits per heavy atom. The average Bonchev–Trinajstić information content (AvgIpc) is 2.17. The third-order valence-electron chi connectivity index (χ3n) is 2.28. The van der Waals surface area contributed by atoms with Crippen LogP contribution < -0.4 is 10.6 Å². The van der Waals surface area contributed by atoms with Gasteiger partial charge in [0.25, 0.3) is 6.43 Å². The van der Waals surface area contributed by atoms with Crippen LogP contribution in [0.4, 0.5) is 14.6 Å². The number of nitrogens with two attached hydrogens (primary N) is 1. The van der Waals surface area contributed by atoms with Crippen molar-refractivity contribution in [2.75, 3.05) is 19.0 Å². The second-order valence-electron chi connectivity index (χ2n) is 3.88. The van der Waals surface area contributed by atoms with Crippen LogP contribution in [0.15, 0.2) is 18.3 Å². The topological polar surface area (TPSA) is 42.1 Å². The number of anilines is 1. The molecule has 2 N–H and O–H groups in total. The number of nitrogens with zero attached hydrogens (tertiary/aromatic N) is 2. The van der Waals surface area contributed by atoms with E-state index in [1.54, 1.807) is 17.0 Å². The molecule has 0 saturated carbocycles. The lowest BCUT2D eigenvalue weighted by molar-refractivity contribution is 0.0623. The summed E-state index contributed by atoms with van der Waals surface area (Å²) < 4.78 is 25.2. The summed E-state index contributed by atoms with van der Waals surface area (Å²) in [6.45, 7) is 1.30. The number of aromatic nitrogens is 1. The van der Waals surface area contributed by atoms with Crippen molar-refractivity contribution in [3.05, 3.63) is 23.9 Å². The number of pyridine rings is 1. The molecule has 5 heteroatoms. The van der Waals surface area contributed by atoms with E-state index in [0.29, 0.717) is 11.4 Å². The minimum absolute atomic E-state index is 0.336. The van der Waals surface area contributed by atoms with Crippen LogP contribution in [-0.4, -0.2) is 25.5 Å². The quantitative estimate of drug-likeness (QED) is 0.832. The van der Waals surface area contributed by atoms with Crippen molar-refractivity contribution in [1.82, 2.24) is 4.98 Å². The van der Waals surface area contributed by atoms with Gasteiger partial charge in [0.2, 0.25) is 0 Å². The Labute approximate surface area is 87.9 Å². The summed E-state index contributed by atoms with van der Waals surface area (Å²) in [5.41, 5.74) is 4.20. The Bertz CT molecular complexity index is 320. The zero-order valence-electron chi connectivity index (χ0n) is 9.04. The Hall–Kier alpha value is -1.23. The summed E-state index contributed by atoms with van der Waals surface area (Å²) in [5, 5.41) is 0. The molecule has 0 fully saturated rings. The zero-order valence-corrected chi connectivity index (χ0v) is 9.04. The normalized spacial score (nSPS) is 15.1. The Morgan fingerprint density at radius 2 is 2.00 bits per heavy atom. The molecule has 1 aromatic rings. The van der Waals surface area contributed by atoms with Crippen LogP contribution >= 0.6 is 0 Å². The minimum Gasteiger partial charge on any atom is -0.363 e. The van der Waals surface area contributed by atoms with E-state index in [1.165, 1.54) is 13.1 Å². The van der Waals surface area contributed by atoms with E-state index in [2.05, 4.69) is 4.98 Å². The molecule has 0 spiro atoms. The second kappa shape index (κ2) is 4.10. The summed E-state index contributed by atoms with van der Waals surface area (Å²) in [5.74, 6) is 0.712. The van der Waals surface area contributed by atoms with Gasteiger partial charge >= 0.3 is 0 Å². The second-order valence-corrected chi connectivity index (χ2v) is 3.88. The molecule has 0 bridgehead atoms. The molecule has 15 heavy (non-hydrogen) atoms. The maximum absolute atomic E-state index is 12.6. The first kappa shape index (κ1) is 11.8. The number of halogens is 2. The van der Waals surface area contributed by atoms with Gasteiger partial charge in [-0.1, -0.05) is 6.07 Å². The first-order chi connectivity index (χ1) is 6.85. The van der Waals surface area contributed by atoms with Crippen LogP contribution in [-0.2, 0) is 5.54 Å². The molecule has 0 aromatic carbocycles. The highest BCUT2D eigenvalue weighted by atomic mass is 19.3. The average molecular weight is 215 g/mol. The van der Waals surface area contributed by atoms with Crippen LogP contribution in [0.25, 0.3) is 0 Å². The summed E-state index contributed by atoms with van der Waals surface area (Å²) in [4.78, 5) is 5.83. The first-order valence-electron chi connectivity index (χ1n) is 4.56. The van der Waals surface area contributed by atoms with Crippen LogP contribution in [0.3, 0.4) is 0 Å². The summed E-state index contributed by atoms with van der Waals surface area (Å²) in [7, 11) is 3.66. The predicted octanol–water partition coefficient (Wildman–Crippen LogP) is 1.59. The van der Waals surface area contributed by atoms with Gasteiger partial charge in [0, 0.05) is 20.3 Å². The smallest absolute Gasteiger partial charge is 0.260 e. The molecule has 0 aliphatic heterocycles. The van der Waals surface area contributed by atoms with Crippen molar-refractivity contribution in [1.29, 1.82) is 0 Å². The number of alkyl halides is 2. The lowest BCUT2D eigenvalue weighted by Gasteiger charge is -2.24. The van der Waals surface area contributed by atoms with Crippen molar-refractivity contribution < 1.29 is 8.78 Å². The van der Waals surface area contributed by atoms with Gasteiger partial charge in [0.05, 0.1) is 0 Å². The number of hydrogen-bond acceptors (Lipinski definition) is 3. The van der Waals surface area contributed by atoms with Gasteiger partial charge < -0.3 is 10.6 Å². The van der Waals surface area contributed by atoms with E-state index in [9.17, 15) is 8.78 Å². The summed E-state index contributed by atoms with van der Waals surface area (Å²) in [6.07, 6.45) is -1.22. The molecule has 0 radical (unpaired) electrons. The molecule has 1 atom stereocenters. The highest BCUT2D eigenvalue weighted by Crippen LogP contribution is 2.25. The van der Waals surface area contributed by atoms with Gasteiger partial charge in [0.15, 0.2) is 0 Å². The first-order valence-corrected chi connectivity index (χ1v) is 4.56. The van der Waals surface area contributed by atoms with E-state index >= 15 is 0 Å². The molecule has 1 aromatic heterocycles. The minimum atomic E-state index is -2.61. The van der Waals surface area contributed by atoms with E-state index in [0.717, 1.165) is 0 Å². The fourth-order valence-electron chi connectivity index (χ4n) is 1.10. The fraction of sp³-hybridized carbons (Fsp3) is 0.500. The van der Waals surface area contributed by atoms with Crippen LogP contribution in [0.5, 0.6) is 0 Å². The van der Waals surface area contributed by atoms with Gasteiger partial charge in [0.1, 0.15) is 11.4 Å². The van der Waals surface area contributed by atoms with Gasteiger partial charge in [-0.25, -0.2) is 13.8 Å². The third-order valence-corrected chi connectivity index (χ3v) is 2.28. The van der Waals surface area contributed by atoms with E-state index in [-0.39, 0.29) is 0 Å². The molecule has 84 valence electrons. The molecule has 3 nitrogen and oxygen atoms in total. The molecule has 0 aliphatic carbocycles. The highest BCUT2D eigenvalue weighted by Gasteiger charge is 2.32. The molecule has 0 saturated heterocycles. The highest BCUT2D eigenvalue weighted by molar-refractivity contribution is 5.38. The molecule has 0 amide bonds. The molecule has 1 unspecified atom stereocenters. The third kappa shape index (κ3) is 2.41. The Morgan fingerprint density at radius 1 is 1.40 bits per heavy atom. The van der Waals surface area contributed by atoms with Crippen molar-refractivity contribution in [2.24, 2.45) is 5.73 Å². The van der Waals surface area contributed by atoms with Gasteiger partial charge in [-0.05, 0) is 18.6 Å². The van der Waals surface area contributed by atoms with E-state index < -0.39 is 12.0 Å². The summed E-state index contributed by atoms with van der Waals surface area (Å²) in [6, 6.07) is 3.25. The van der Waals surface area contributed by atoms with Gasteiger partial charge in [-0.2, -0.15) is 0 Å². The van der Waals surface area contributed by atoms with Gasteiger partial charge in [-0.3, -0.25) is 0 Å². The SMILES string of the molecule is CN(C)c1ccc(C(C)(N)C(F)F)cn1. The zero-order chi connectivity index (χ0) is 11.6. The van der Waals surface area contributed by atoms with Gasteiger partial charge in [-0.15, -0.1) is 0 Å². The monoisotopic (exact) mass is 215 g/mol. The van der Waals surface area contributed by atoms with Crippen molar-refractivity contribution in [3.63, 3.8) is 0 Å². The Kier molecular flexibility index (Phi) is 3.24. The largest absolute Gasteiger partial charge is 0.363 e. The summed E-state index contributed by atoms with van der Waals surface area (Å²) >= 11 is 0. The van der Waals surface area contributed by atoms with E-state index in [4.69, 9.17) is 5.73 Å². The molecular weight excluding hydrogens is 200 g/mol. The molecule has 0 aliphatic rings. The number of rotatable bonds is 3. The molecule has 1 rings (SSSR count). The van der Waals surface area contributed by atoms with Crippen molar-refractivity contribution >= 4 is 5.82 Å². The standard InChI is InChI=1S/C10H15F2N3/c1-10(13,9(11)12)7-4-5-8(14-6-7)15(2)3/h4-6,9H,13H2,1-3H3. The maximum Gasteiger partial charge on any atom is 0.260 e. The lowest BCUT2D eigenvalue weighted by Crippen LogP contribution is -2.40. The van der Waals surface area contributed by atoms with Crippen LogP contribution in [0.2, 0.25) is 0 Å². The molecule has 1 heterocycles. The van der Waals surface area contributed by atoms with Crippen LogP contribution in [0.1, 0.15) is 12.5 Å². The Balaban J connectivity index is 2.98. The molecular formula is C10H15F2N3. The van der Waals surface area contributed by atoms with Crippen molar-refractivity contribution in [2.45, 2.75) is 18.9 Å². The fourth-order valence-corrected chi connectivity index (χ4v) is 1.10. The van der Waals surface area contributed by atoms with Crippen LogP contribution in [0, 0.1) is 0 Å². The number of hydrogen-bond donors (Lipinski definition) is 1. The lowest BCUT2D eigenvalue weighted by atomic mass is 9.95. The van der Waals surface area contributed by atoms with E-state index in [1.807, 2.05) is 14.1 Å². The maximum atomic E-state index is 12.6. The van der Waals surface area contributed by atoms with Crippen molar-refractivity contribution in [3.8, 4) is 0 Å².